The van der Waals surface area contributed by atoms with Gasteiger partial charge in [-0.05, 0) is 49.2 Å². The number of likely N-dealkylation sites (N-methyl/N-ethyl adjacent to an activating group) is 1. The molecule has 5 heteroatoms. The number of rotatable bonds is 3. The number of fused-ring (bicyclic) bond motifs is 1. The van der Waals surface area contributed by atoms with Crippen molar-refractivity contribution in [2.24, 2.45) is 0 Å². The van der Waals surface area contributed by atoms with Crippen LogP contribution < -0.4 is 0 Å². The molecular weight excluding hydrogens is 262 g/mol. The number of hydrogen-bond donors (Lipinski definition) is 1. The fraction of sp³-hybridized carbons (Fsp3) is 0.375. The quantitative estimate of drug-likeness (QED) is 0.801. The van der Waals surface area contributed by atoms with Crippen LogP contribution in [0.1, 0.15) is 23.5 Å². The van der Waals surface area contributed by atoms with E-state index in [1.165, 1.54) is 35.0 Å². The molecule has 1 atom stereocenters. The SMILES string of the molecule is CN1CCC(c2c[nH]c3ccc(Cn4cncn4)cc23)C1. The zero-order valence-corrected chi connectivity index (χ0v) is 12.2. The molecule has 0 spiro atoms. The highest BCUT2D eigenvalue weighted by atomic mass is 15.3. The van der Waals surface area contributed by atoms with Crippen molar-refractivity contribution in [2.75, 3.05) is 20.1 Å². The molecule has 1 aliphatic heterocycles. The fourth-order valence-electron chi connectivity index (χ4n) is 3.32. The first kappa shape index (κ1) is 12.6. The molecule has 2 aromatic heterocycles. The minimum Gasteiger partial charge on any atom is -0.361 e. The molecule has 0 saturated carbocycles. The second-order valence-corrected chi connectivity index (χ2v) is 5.96. The largest absolute Gasteiger partial charge is 0.361 e. The summed E-state index contributed by atoms with van der Waals surface area (Å²) in [7, 11) is 2.20. The Bertz CT molecular complexity index is 743. The van der Waals surface area contributed by atoms with E-state index in [9.17, 15) is 0 Å². The van der Waals surface area contributed by atoms with Gasteiger partial charge in [-0.15, -0.1) is 0 Å². The highest BCUT2D eigenvalue weighted by Crippen LogP contribution is 2.32. The molecule has 0 amide bonds. The van der Waals surface area contributed by atoms with E-state index in [-0.39, 0.29) is 0 Å². The lowest BCUT2D eigenvalue weighted by Crippen LogP contribution is -2.13. The molecule has 0 aliphatic carbocycles. The van der Waals surface area contributed by atoms with Crippen LogP contribution in [0.25, 0.3) is 10.9 Å². The zero-order valence-electron chi connectivity index (χ0n) is 12.2. The predicted octanol–water partition coefficient (Wildman–Crippen LogP) is 2.23. The Hall–Kier alpha value is -2.14. The van der Waals surface area contributed by atoms with Gasteiger partial charge in [0.2, 0.25) is 0 Å². The second-order valence-electron chi connectivity index (χ2n) is 5.96. The Balaban J connectivity index is 1.69. The summed E-state index contributed by atoms with van der Waals surface area (Å²) >= 11 is 0. The molecule has 4 rings (SSSR count). The maximum atomic E-state index is 4.18. The van der Waals surface area contributed by atoms with Crippen molar-refractivity contribution < 1.29 is 0 Å². The molecule has 1 aromatic carbocycles. The van der Waals surface area contributed by atoms with E-state index in [1.54, 1.807) is 12.7 Å². The van der Waals surface area contributed by atoms with Gasteiger partial charge in [-0.3, -0.25) is 0 Å². The number of benzene rings is 1. The first-order valence-corrected chi connectivity index (χ1v) is 7.40. The minimum atomic E-state index is 0.644. The number of nitrogens with zero attached hydrogens (tertiary/aromatic N) is 4. The summed E-state index contributed by atoms with van der Waals surface area (Å²) in [5, 5.41) is 5.53. The van der Waals surface area contributed by atoms with E-state index in [2.05, 4.69) is 51.4 Å². The van der Waals surface area contributed by atoms with Gasteiger partial charge in [-0.2, -0.15) is 5.10 Å². The first-order chi connectivity index (χ1) is 10.3. The monoisotopic (exact) mass is 281 g/mol. The predicted molar refractivity (Wildman–Crippen MR) is 82.3 cm³/mol. The van der Waals surface area contributed by atoms with Gasteiger partial charge >= 0.3 is 0 Å². The topological polar surface area (TPSA) is 49.7 Å². The molecule has 3 aromatic rings. The Kier molecular flexibility index (Phi) is 3.00. The second kappa shape index (κ2) is 5.00. The van der Waals surface area contributed by atoms with Crippen molar-refractivity contribution in [1.82, 2.24) is 24.6 Å². The van der Waals surface area contributed by atoms with Crippen LogP contribution in [-0.4, -0.2) is 44.8 Å². The van der Waals surface area contributed by atoms with Gasteiger partial charge in [0.1, 0.15) is 12.7 Å². The maximum Gasteiger partial charge on any atom is 0.137 e. The van der Waals surface area contributed by atoms with Crippen molar-refractivity contribution >= 4 is 10.9 Å². The summed E-state index contributed by atoms with van der Waals surface area (Å²) in [6, 6.07) is 6.62. The summed E-state index contributed by atoms with van der Waals surface area (Å²) < 4.78 is 1.86. The summed E-state index contributed by atoms with van der Waals surface area (Å²) in [6.07, 6.45) is 6.77. The third-order valence-electron chi connectivity index (χ3n) is 4.42. The average molecular weight is 281 g/mol. The Labute approximate surface area is 123 Å². The lowest BCUT2D eigenvalue weighted by atomic mass is 9.97. The number of likely N-dealkylation sites (tertiary alicyclic amines) is 1. The van der Waals surface area contributed by atoms with Crippen LogP contribution in [0.15, 0.2) is 37.1 Å². The lowest BCUT2D eigenvalue weighted by Gasteiger charge is -2.10. The van der Waals surface area contributed by atoms with E-state index >= 15 is 0 Å². The summed E-state index contributed by atoms with van der Waals surface area (Å²) in [6.45, 7) is 3.11. The molecule has 1 aliphatic rings. The van der Waals surface area contributed by atoms with Gasteiger partial charge in [-0.25, -0.2) is 9.67 Å². The van der Waals surface area contributed by atoms with Gasteiger partial charge < -0.3 is 9.88 Å². The van der Waals surface area contributed by atoms with Crippen LogP contribution in [0.5, 0.6) is 0 Å². The van der Waals surface area contributed by atoms with Crippen LogP contribution in [-0.2, 0) is 6.54 Å². The normalized spacial score (nSPS) is 19.6. The Morgan fingerprint density at radius 3 is 3.10 bits per heavy atom. The van der Waals surface area contributed by atoms with E-state index < -0.39 is 0 Å². The number of aromatic nitrogens is 4. The molecule has 0 bridgehead atoms. The van der Waals surface area contributed by atoms with Crippen LogP contribution in [0.3, 0.4) is 0 Å². The van der Waals surface area contributed by atoms with Crippen LogP contribution >= 0.6 is 0 Å². The standard InChI is InChI=1S/C16H19N5/c1-20-5-4-13(9-20)15-7-18-16-3-2-12(6-14(15)16)8-21-11-17-10-19-21/h2-3,6-7,10-11,13,18H,4-5,8-9H2,1H3. The highest BCUT2D eigenvalue weighted by Gasteiger charge is 2.23. The molecule has 1 N–H and O–H groups in total. The van der Waals surface area contributed by atoms with E-state index in [0.29, 0.717) is 5.92 Å². The van der Waals surface area contributed by atoms with Gasteiger partial charge in [0, 0.05) is 23.6 Å². The summed E-state index contributed by atoms with van der Waals surface area (Å²) in [5.41, 5.74) is 3.94. The summed E-state index contributed by atoms with van der Waals surface area (Å²) in [5.74, 6) is 0.644. The van der Waals surface area contributed by atoms with E-state index in [4.69, 9.17) is 0 Å². The zero-order chi connectivity index (χ0) is 14.2. The molecule has 3 heterocycles. The third-order valence-corrected chi connectivity index (χ3v) is 4.42. The number of nitrogens with one attached hydrogen (secondary N) is 1. The van der Waals surface area contributed by atoms with Crippen LogP contribution in [0.2, 0.25) is 0 Å². The average Bonchev–Trinajstić information content (AvgIpc) is 3.19. The number of aromatic amines is 1. The van der Waals surface area contributed by atoms with Gasteiger partial charge in [0.05, 0.1) is 6.54 Å². The molecule has 0 radical (unpaired) electrons. The van der Waals surface area contributed by atoms with Crippen LogP contribution in [0, 0.1) is 0 Å². The van der Waals surface area contributed by atoms with E-state index in [1.807, 2.05) is 4.68 Å². The molecule has 21 heavy (non-hydrogen) atoms. The van der Waals surface area contributed by atoms with Crippen molar-refractivity contribution in [2.45, 2.75) is 18.9 Å². The molecule has 108 valence electrons. The van der Waals surface area contributed by atoms with Crippen molar-refractivity contribution in [1.29, 1.82) is 0 Å². The first-order valence-electron chi connectivity index (χ1n) is 7.40. The summed E-state index contributed by atoms with van der Waals surface area (Å²) in [4.78, 5) is 9.82. The highest BCUT2D eigenvalue weighted by molar-refractivity contribution is 5.84. The smallest absolute Gasteiger partial charge is 0.137 e. The number of hydrogen-bond acceptors (Lipinski definition) is 3. The molecule has 5 nitrogen and oxygen atoms in total. The Morgan fingerprint density at radius 1 is 1.38 bits per heavy atom. The van der Waals surface area contributed by atoms with Crippen molar-refractivity contribution in [3.63, 3.8) is 0 Å². The van der Waals surface area contributed by atoms with Crippen LogP contribution in [0.4, 0.5) is 0 Å². The van der Waals surface area contributed by atoms with Gasteiger partial charge in [-0.1, -0.05) is 6.07 Å². The maximum absolute atomic E-state index is 4.18. The molecule has 1 saturated heterocycles. The number of H-pyrrole nitrogens is 1. The van der Waals surface area contributed by atoms with E-state index in [0.717, 1.165) is 13.1 Å². The molecule has 1 fully saturated rings. The Morgan fingerprint density at radius 2 is 2.33 bits per heavy atom. The van der Waals surface area contributed by atoms with Gasteiger partial charge in [0.25, 0.3) is 0 Å². The van der Waals surface area contributed by atoms with Crippen molar-refractivity contribution in [3.8, 4) is 0 Å². The molecule has 1 unspecified atom stereocenters. The lowest BCUT2D eigenvalue weighted by molar-refractivity contribution is 0.412. The fourth-order valence-corrected chi connectivity index (χ4v) is 3.32. The molecular formula is C16H19N5. The minimum absolute atomic E-state index is 0.644. The van der Waals surface area contributed by atoms with Crippen molar-refractivity contribution in [3.05, 3.63) is 48.2 Å². The third kappa shape index (κ3) is 2.34. The van der Waals surface area contributed by atoms with Gasteiger partial charge in [0.15, 0.2) is 0 Å².